The second kappa shape index (κ2) is 10.3. The van der Waals surface area contributed by atoms with Crippen molar-refractivity contribution in [2.75, 3.05) is 11.1 Å². The Balaban J connectivity index is 1.61. The molecule has 3 rings (SSSR count). The van der Waals surface area contributed by atoms with Crippen LogP contribution in [-0.4, -0.2) is 26.4 Å². The molecule has 1 amide bonds. The Kier molecular flexibility index (Phi) is 7.57. The number of carbonyl (C=O) groups excluding carboxylic acids is 1. The van der Waals surface area contributed by atoms with Crippen LogP contribution in [0.3, 0.4) is 0 Å². The quantitative estimate of drug-likeness (QED) is 0.365. The van der Waals surface area contributed by atoms with Crippen molar-refractivity contribution in [3.05, 3.63) is 77.1 Å². The van der Waals surface area contributed by atoms with Gasteiger partial charge in [0.25, 0.3) is 0 Å². The van der Waals surface area contributed by atoms with Crippen LogP contribution in [0.5, 0.6) is 5.75 Å². The molecule has 0 aliphatic heterocycles. The molecule has 1 N–H and O–H groups in total. The number of nitrogens with zero attached hydrogens (tertiary/aromatic N) is 3. The molecule has 0 radical (unpaired) electrons. The third-order valence-electron chi connectivity index (χ3n) is 3.69. The number of ether oxygens (including phenoxy) is 1. The SMILES string of the molecule is C=CCn1c(COc2ccccc2)nnc1SCC(=O)Nc1cc(Cl)cc(Cl)c1. The summed E-state index contributed by atoms with van der Waals surface area (Å²) in [5, 5.41) is 12.6. The predicted octanol–water partition coefficient (Wildman–Crippen LogP) is 5.08. The Morgan fingerprint density at radius 3 is 2.59 bits per heavy atom. The highest BCUT2D eigenvalue weighted by Crippen LogP contribution is 2.23. The van der Waals surface area contributed by atoms with Gasteiger partial charge in [0, 0.05) is 22.3 Å². The van der Waals surface area contributed by atoms with Gasteiger partial charge in [-0.2, -0.15) is 0 Å². The fourth-order valence-electron chi connectivity index (χ4n) is 2.46. The lowest BCUT2D eigenvalue weighted by Crippen LogP contribution is -2.15. The van der Waals surface area contributed by atoms with Gasteiger partial charge in [-0.3, -0.25) is 9.36 Å². The van der Waals surface area contributed by atoms with E-state index in [-0.39, 0.29) is 18.3 Å². The van der Waals surface area contributed by atoms with Gasteiger partial charge >= 0.3 is 0 Å². The summed E-state index contributed by atoms with van der Waals surface area (Å²) < 4.78 is 7.61. The summed E-state index contributed by atoms with van der Waals surface area (Å²) in [5.74, 6) is 1.34. The van der Waals surface area contributed by atoms with Crippen LogP contribution in [0.15, 0.2) is 66.3 Å². The van der Waals surface area contributed by atoms with Crippen LogP contribution in [0.25, 0.3) is 0 Å². The largest absolute Gasteiger partial charge is 0.486 e. The first-order chi connectivity index (χ1) is 14.0. The van der Waals surface area contributed by atoms with Crippen molar-refractivity contribution < 1.29 is 9.53 Å². The summed E-state index contributed by atoms with van der Waals surface area (Å²) in [7, 11) is 0. The average molecular weight is 449 g/mol. The van der Waals surface area contributed by atoms with Gasteiger partial charge in [0.2, 0.25) is 5.91 Å². The molecule has 6 nitrogen and oxygen atoms in total. The zero-order chi connectivity index (χ0) is 20.6. The maximum absolute atomic E-state index is 12.3. The van der Waals surface area contributed by atoms with Gasteiger partial charge in [0.15, 0.2) is 11.0 Å². The maximum atomic E-state index is 12.3. The Labute approximate surface area is 182 Å². The summed E-state index contributed by atoms with van der Waals surface area (Å²) in [6.07, 6.45) is 1.74. The third-order valence-corrected chi connectivity index (χ3v) is 5.10. The van der Waals surface area contributed by atoms with Crippen molar-refractivity contribution in [3.63, 3.8) is 0 Å². The molecule has 1 aromatic heterocycles. The summed E-state index contributed by atoms with van der Waals surface area (Å²) in [6, 6.07) is 14.3. The normalized spacial score (nSPS) is 10.6. The van der Waals surface area contributed by atoms with Crippen molar-refractivity contribution in [1.82, 2.24) is 14.8 Å². The number of anilines is 1. The number of carbonyl (C=O) groups is 1. The molecule has 0 saturated carbocycles. The van der Waals surface area contributed by atoms with Gasteiger partial charge in [-0.05, 0) is 30.3 Å². The Morgan fingerprint density at radius 2 is 1.90 bits per heavy atom. The van der Waals surface area contributed by atoms with E-state index in [0.29, 0.717) is 33.3 Å². The van der Waals surface area contributed by atoms with Crippen molar-refractivity contribution in [3.8, 4) is 5.75 Å². The molecule has 0 fully saturated rings. The molecule has 1 heterocycles. The van der Waals surface area contributed by atoms with Crippen LogP contribution in [-0.2, 0) is 17.9 Å². The standard InChI is InChI=1S/C20H18Cl2N4O2S/c1-2-8-26-18(12-28-17-6-4-3-5-7-17)24-25-20(26)29-13-19(27)23-16-10-14(21)9-15(22)11-16/h2-7,9-11H,1,8,12-13H2,(H,23,27). The van der Waals surface area contributed by atoms with Gasteiger partial charge < -0.3 is 10.1 Å². The van der Waals surface area contributed by atoms with E-state index < -0.39 is 0 Å². The monoisotopic (exact) mass is 448 g/mol. The van der Waals surface area contributed by atoms with Crippen molar-refractivity contribution >= 4 is 46.6 Å². The first kappa shape index (κ1) is 21.2. The number of benzene rings is 2. The van der Waals surface area contributed by atoms with Gasteiger partial charge in [-0.15, -0.1) is 16.8 Å². The molecular weight excluding hydrogens is 431 g/mol. The lowest BCUT2D eigenvalue weighted by atomic mass is 10.3. The minimum Gasteiger partial charge on any atom is -0.486 e. The van der Waals surface area contributed by atoms with Crippen LogP contribution in [0.2, 0.25) is 10.0 Å². The molecule has 3 aromatic rings. The van der Waals surface area contributed by atoms with E-state index in [1.807, 2.05) is 34.9 Å². The highest BCUT2D eigenvalue weighted by atomic mass is 35.5. The minimum absolute atomic E-state index is 0.152. The maximum Gasteiger partial charge on any atom is 0.234 e. The lowest BCUT2D eigenvalue weighted by Gasteiger charge is -2.09. The topological polar surface area (TPSA) is 69.0 Å². The van der Waals surface area contributed by atoms with E-state index >= 15 is 0 Å². The van der Waals surface area contributed by atoms with Gasteiger partial charge in [0.1, 0.15) is 12.4 Å². The number of halogens is 2. The van der Waals surface area contributed by atoms with E-state index in [4.69, 9.17) is 27.9 Å². The smallest absolute Gasteiger partial charge is 0.234 e. The minimum atomic E-state index is -0.205. The molecule has 0 aliphatic rings. The van der Waals surface area contributed by atoms with Gasteiger partial charge in [0.05, 0.1) is 5.75 Å². The molecule has 9 heteroatoms. The number of hydrogen-bond donors (Lipinski definition) is 1. The third kappa shape index (κ3) is 6.25. The number of thioether (sulfide) groups is 1. The molecule has 0 unspecified atom stereocenters. The summed E-state index contributed by atoms with van der Waals surface area (Å²) in [4.78, 5) is 12.3. The van der Waals surface area contributed by atoms with Crippen LogP contribution >= 0.6 is 35.0 Å². The molecule has 0 bridgehead atoms. The molecule has 29 heavy (non-hydrogen) atoms. The zero-order valence-electron chi connectivity index (χ0n) is 15.3. The van der Waals surface area contributed by atoms with Gasteiger partial charge in [-0.25, -0.2) is 0 Å². The molecule has 150 valence electrons. The van der Waals surface area contributed by atoms with E-state index in [0.717, 1.165) is 5.75 Å². The predicted molar refractivity (Wildman–Crippen MR) is 117 cm³/mol. The van der Waals surface area contributed by atoms with Crippen molar-refractivity contribution in [2.24, 2.45) is 0 Å². The number of allylic oxidation sites excluding steroid dienone is 1. The Bertz CT molecular complexity index is 975. The first-order valence-corrected chi connectivity index (χ1v) is 10.4. The van der Waals surface area contributed by atoms with Crippen LogP contribution in [0, 0.1) is 0 Å². The first-order valence-electron chi connectivity index (χ1n) is 8.64. The van der Waals surface area contributed by atoms with Crippen LogP contribution in [0.1, 0.15) is 5.82 Å². The summed E-state index contributed by atoms with van der Waals surface area (Å²) in [6.45, 7) is 4.54. The second-order valence-electron chi connectivity index (χ2n) is 5.89. The molecular formula is C20H18Cl2N4O2S. The molecule has 0 saturated heterocycles. The fourth-order valence-corrected chi connectivity index (χ4v) is 3.76. The number of nitrogens with one attached hydrogen (secondary N) is 1. The van der Waals surface area contributed by atoms with Gasteiger partial charge in [-0.1, -0.05) is 59.2 Å². The zero-order valence-corrected chi connectivity index (χ0v) is 17.7. The number of amides is 1. The highest BCUT2D eigenvalue weighted by Gasteiger charge is 2.14. The van der Waals surface area contributed by atoms with E-state index in [9.17, 15) is 4.79 Å². The fraction of sp³-hybridized carbons (Fsp3) is 0.150. The number of para-hydroxylation sites is 1. The van der Waals surface area contributed by atoms with Crippen LogP contribution < -0.4 is 10.1 Å². The van der Waals surface area contributed by atoms with Crippen molar-refractivity contribution in [1.29, 1.82) is 0 Å². The Hall–Kier alpha value is -2.48. The van der Waals surface area contributed by atoms with E-state index in [1.54, 1.807) is 24.3 Å². The summed E-state index contributed by atoms with van der Waals surface area (Å²) >= 11 is 13.2. The number of hydrogen-bond acceptors (Lipinski definition) is 5. The average Bonchev–Trinajstić information content (AvgIpc) is 3.07. The lowest BCUT2D eigenvalue weighted by molar-refractivity contribution is -0.113. The van der Waals surface area contributed by atoms with Crippen molar-refractivity contribution in [2.45, 2.75) is 18.3 Å². The second-order valence-corrected chi connectivity index (χ2v) is 7.71. The Morgan fingerprint density at radius 1 is 1.17 bits per heavy atom. The van der Waals surface area contributed by atoms with E-state index in [1.165, 1.54) is 11.8 Å². The molecule has 2 aromatic carbocycles. The summed E-state index contributed by atoms with van der Waals surface area (Å²) in [5.41, 5.74) is 0.539. The van der Waals surface area contributed by atoms with E-state index in [2.05, 4.69) is 22.1 Å². The van der Waals surface area contributed by atoms with Crippen LogP contribution in [0.4, 0.5) is 5.69 Å². The number of rotatable bonds is 9. The highest BCUT2D eigenvalue weighted by molar-refractivity contribution is 7.99. The number of aromatic nitrogens is 3. The molecule has 0 spiro atoms. The molecule has 0 atom stereocenters. The molecule has 0 aliphatic carbocycles.